The molecule has 1 aromatic carbocycles. The first-order valence-electron chi connectivity index (χ1n) is 9.32. The van der Waals surface area contributed by atoms with Gasteiger partial charge in [-0.05, 0) is 44.0 Å². The van der Waals surface area contributed by atoms with Crippen molar-refractivity contribution in [1.82, 2.24) is 15.1 Å². The Hall–Kier alpha value is -2.39. The van der Waals surface area contributed by atoms with Crippen molar-refractivity contribution in [3.63, 3.8) is 0 Å². The normalized spacial score (nSPS) is 14.9. The average Bonchev–Trinajstić information content (AvgIpc) is 3.15. The summed E-state index contributed by atoms with van der Waals surface area (Å²) in [6.45, 7) is 4.16. The van der Waals surface area contributed by atoms with Crippen molar-refractivity contribution in [3.05, 3.63) is 40.7 Å². The number of likely N-dealkylation sites (tertiary alicyclic amines) is 1. The number of amides is 2. The van der Waals surface area contributed by atoms with Crippen LogP contribution in [0.5, 0.6) is 0 Å². The summed E-state index contributed by atoms with van der Waals surface area (Å²) >= 11 is 1.35. The lowest BCUT2D eigenvalue weighted by Gasteiger charge is -2.31. The predicted molar refractivity (Wildman–Crippen MR) is 104 cm³/mol. The molecular weight excluding hydrogens is 383 g/mol. The van der Waals surface area contributed by atoms with Gasteiger partial charge in [-0.25, -0.2) is 4.39 Å². The predicted octanol–water partition coefficient (Wildman–Crippen LogP) is 2.75. The molecule has 0 radical (unpaired) electrons. The SMILES string of the molecule is CCOCCc1nnc(NC(=O)C2CCN(C(=O)c3ccc(F)cc3)CC2)s1. The van der Waals surface area contributed by atoms with E-state index < -0.39 is 0 Å². The molecule has 28 heavy (non-hydrogen) atoms. The van der Waals surface area contributed by atoms with Crippen molar-refractivity contribution in [1.29, 1.82) is 0 Å². The van der Waals surface area contributed by atoms with Crippen LogP contribution in [0.1, 0.15) is 35.1 Å². The molecule has 0 aliphatic carbocycles. The Balaban J connectivity index is 1.47. The van der Waals surface area contributed by atoms with Gasteiger partial charge in [0.05, 0.1) is 6.61 Å². The molecule has 1 aliphatic heterocycles. The minimum Gasteiger partial charge on any atom is -0.381 e. The maximum Gasteiger partial charge on any atom is 0.253 e. The van der Waals surface area contributed by atoms with E-state index in [1.807, 2.05) is 6.92 Å². The van der Waals surface area contributed by atoms with Gasteiger partial charge in [-0.15, -0.1) is 10.2 Å². The summed E-state index contributed by atoms with van der Waals surface area (Å²) in [7, 11) is 0. The van der Waals surface area contributed by atoms with Gasteiger partial charge in [0.1, 0.15) is 10.8 Å². The fraction of sp³-hybridized carbons (Fsp3) is 0.474. The van der Waals surface area contributed by atoms with E-state index >= 15 is 0 Å². The van der Waals surface area contributed by atoms with Crippen LogP contribution in [0.15, 0.2) is 24.3 Å². The van der Waals surface area contributed by atoms with Crippen molar-refractivity contribution in [3.8, 4) is 0 Å². The minimum atomic E-state index is -0.371. The smallest absolute Gasteiger partial charge is 0.253 e. The monoisotopic (exact) mass is 406 g/mol. The number of halogens is 1. The molecule has 3 rings (SSSR count). The topological polar surface area (TPSA) is 84.4 Å². The van der Waals surface area contributed by atoms with Crippen LogP contribution in [0.25, 0.3) is 0 Å². The maximum atomic E-state index is 13.0. The first-order valence-corrected chi connectivity index (χ1v) is 10.1. The van der Waals surface area contributed by atoms with E-state index in [0.29, 0.717) is 56.3 Å². The van der Waals surface area contributed by atoms with Crippen LogP contribution in [0.3, 0.4) is 0 Å². The second-order valence-electron chi connectivity index (χ2n) is 6.51. The molecule has 2 aromatic rings. The lowest BCUT2D eigenvalue weighted by molar-refractivity contribution is -0.121. The maximum absolute atomic E-state index is 13.0. The van der Waals surface area contributed by atoms with Gasteiger partial charge in [0.2, 0.25) is 11.0 Å². The van der Waals surface area contributed by atoms with Crippen LogP contribution in [0, 0.1) is 11.7 Å². The van der Waals surface area contributed by atoms with Crippen molar-refractivity contribution in [2.75, 3.05) is 31.6 Å². The lowest BCUT2D eigenvalue weighted by Crippen LogP contribution is -2.41. The molecular formula is C19H23FN4O3S. The second-order valence-corrected chi connectivity index (χ2v) is 7.57. The Kier molecular flexibility index (Phi) is 7.05. The molecule has 1 fully saturated rings. The number of anilines is 1. The number of ether oxygens (including phenoxy) is 1. The number of piperidine rings is 1. The van der Waals surface area contributed by atoms with Crippen LogP contribution in [-0.4, -0.2) is 53.2 Å². The van der Waals surface area contributed by atoms with Crippen molar-refractivity contribution < 1.29 is 18.7 Å². The van der Waals surface area contributed by atoms with Gasteiger partial charge in [-0.2, -0.15) is 0 Å². The highest BCUT2D eigenvalue weighted by Gasteiger charge is 2.28. The zero-order valence-corrected chi connectivity index (χ0v) is 16.5. The zero-order chi connectivity index (χ0) is 19.9. The highest BCUT2D eigenvalue weighted by molar-refractivity contribution is 7.15. The summed E-state index contributed by atoms with van der Waals surface area (Å²) < 4.78 is 18.3. The lowest BCUT2D eigenvalue weighted by atomic mass is 9.95. The number of hydrogen-bond donors (Lipinski definition) is 1. The number of nitrogens with one attached hydrogen (secondary N) is 1. The fourth-order valence-electron chi connectivity index (χ4n) is 3.04. The molecule has 9 heteroatoms. The van der Waals surface area contributed by atoms with Gasteiger partial charge in [0.25, 0.3) is 5.91 Å². The number of rotatable bonds is 7. The second kappa shape index (κ2) is 9.70. The Morgan fingerprint density at radius 1 is 1.25 bits per heavy atom. The molecule has 0 bridgehead atoms. The number of hydrogen-bond acceptors (Lipinski definition) is 6. The van der Waals surface area contributed by atoms with Gasteiger partial charge in [-0.3, -0.25) is 9.59 Å². The first kappa shape index (κ1) is 20.3. The quantitative estimate of drug-likeness (QED) is 0.715. The van der Waals surface area contributed by atoms with Crippen LogP contribution in [-0.2, 0) is 16.0 Å². The number of benzene rings is 1. The molecule has 1 saturated heterocycles. The van der Waals surface area contributed by atoms with Crippen molar-refractivity contribution in [2.24, 2.45) is 5.92 Å². The van der Waals surface area contributed by atoms with E-state index in [2.05, 4.69) is 15.5 Å². The van der Waals surface area contributed by atoms with Gasteiger partial charge in [0, 0.05) is 37.6 Å². The van der Waals surface area contributed by atoms with Crippen LogP contribution in [0.4, 0.5) is 9.52 Å². The third-order valence-corrected chi connectivity index (χ3v) is 5.50. The van der Waals surface area contributed by atoms with E-state index in [9.17, 15) is 14.0 Å². The van der Waals surface area contributed by atoms with Crippen LogP contribution >= 0.6 is 11.3 Å². The molecule has 1 aliphatic rings. The largest absolute Gasteiger partial charge is 0.381 e. The van der Waals surface area contributed by atoms with Gasteiger partial charge >= 0.3 is 0 Å². The molecule has 0 unspecified atom stereocenters. The first-order chi connectivity index (χ1) is 13.6. The Bertz CT molecular complexity index is 804. The van der Waals surface area contributed by atoms with Gasteiger partial charge in [0.15, 0.2) is 0 Å². The van der Waals surface area contributed by atoms with Gasteiger partial charge < -0.3 is 15.0 Å². The third kappa shape index (κ3) is 5.32. The summed E-state index contributed by atoms with van der Waals surface area (Å²) in [5, 5.41) is 12.2. The number of aromatic nitrogens is 2. The number of carbonyl (C=O) groups is 2. The molecule has 150 valence electrons. The molecule has 1 N–H and O–H groups in total. The Labute approximate surface area is 166 Å². The third-order valence-electron chi connectivity index (χ3n) is 4.61. The molecule has 0 saturated carbocycles. The molecule has 7 nitrogen and oxygen atoms in total. The van der Waals surface area contributed by atoms with E-state index in [-0.39, 0.29) is 23.5 Å². The summed E-state index contributed by atoms with van der Waals surface area (Å²) in [5.74, 6) is -0.777. The molecule has 2 heterocycles. The highest BCUT2D eigenvalue weighted by atomic mass is 32.1. The summed E-state index contributed by atoms with van der Waals surface area (Å²) in [6.07, 6.45) is 1.83. The Morgan fingerprint density at radius 2 is 1.96 bits per heavy atom. The fourth-order valence-corrected chi connectivity index (χ4v) is 3.76. The molecule has 1 aromatic heterocycles. The molecule has 2 amide bonds. The standard InChI is InChI=1S/C19H23FN4O3S/c1-2-27-12-9-16-22-23-19(28-16)21-17(25)13-7-10-24(11-8-13)18(26)14-3-5-15(20)6-4-14/h3-6,13H,2,7-12H2,1H3,(H,21,23,25). The van der Waals surface area contributed by atoms with E-state index in [4.69, 9.17) is 4.74 Å². The van der Waals surface area contributed by atoms with Crippen molar-refractivity contribution in [2.45, 2.75) is 26.2 Å². The minimum absolute atomic E-state index is 0.0959. The van der Waals surface area contributed by atoms with E-state index in [0.717, 1.165) is 5.01 Å². The average molecular weight is 406 g/mol. The highest BCUT2D eigenvalue weighted by Crippen LogP contribution is 2.22. The van der Waals surface area contributed by atoms with Gasteiger partial charge in [-0.1, -0.05) is 11.3 Å². The van der Waals surface area contributed by atoms with Crippen molar-refractivity contribution >= 4 is 28.3 Å². The molecule has 0 atom stereocenters. The number of nitrogens with zero attached hydrogens (tertiary/aromatic N) is 3. The summed E-state index contributed by atoms with van der Waals surface area (Å²) in [6, 6.07) is 5.51. The van der Waals surface area contributed by atoms with Crippen LogP contribution < -0.4 is 5.32 Å². The number of carbonyl (C=O) groups excluding carboxylic acids is 2. The van der Waals surface area contributed by atoms with E-state index in [1.54, 1.807) is 4.90 Å². The summed E-state index contributed by atoms with van der Waals surface area (Å²) in [4.78, 5) is 26.6. The van der Waals surface area contributed by atoms with E-state index in [1.165, 1.54) is 35.6 Å². The summed E-state index contributed by atoms with van der Waals surface area (Å²) in [5.41, 5.74) is 0.456. The zero-order valence-electron chi connectivity index (χ0n) is 15.7. The van der Waals surface area contributed by atoms with Crippen LogP contribution in [0.2, 0.25) is 0 Å². The molecule has 0 spiro atoms. The Morgan fingerprint density at radius 3 is 2.64 bits per heavy atom.